The molecule has 0 aromatic rings. The van der Waals surface area contributed by atoms with Crippen LogP contribution in [0.4, 0.5) is 13.2 Å². The Kier molecular flexibility index (Phi) is 6.70. The highest BCUT2D eigenvalue weighted by Crippen LogP contribution is 2.13. The lowest BCUT2D eigenvalue weighted by Crippen LogP contribution is -2.37. The van der Waals surface area contributed by atoms with E-state index in [-0.39, 0.29) is 11.9 Å². The molecule has 1 atom stereocenters. The van der Waals surface area contributed by atoms with Gasteiger partial charge in [-0.2, -0.15) is 13.2 Å². The molecule has 1 amide bonds. The second-order valence-corrected chi connectivity index (χ2v) is 2.82. The Balaban J connectivity index is 0. The maximum atomic E-state index is 10.6. The van der Waals surface area contributed by atoms with Crippen molar-refractivity contribution in [2.45, 2.75) is 19.1 Å². The molecule has 0 heterocycles. The fraction of sp³-hybridized carbons (Fsp3) is 0.714. The SMILES string of the molecule is C[C@@H](N)C(=O)N(C)C.O=C(O)C(F)(F)F. The summed E-state index contributed by atoms with van der Waals surface area (Å²) in [7, 11) is 3.37. The van der Waals surface area contributed by atoms with Crippen LogP contribution < -0.4 is 5.73 Å². The first-order valence-electron chi connectivity index (χ1n) is 3.77. The van der Waals surface area contributed by atoms with Gasteiger partial charge in [-0.15, -0.1) is 0 Å². The van der Waals surface area contributed by atoms with Crippen molar-refractivity contribution in [3.8, 4) is 0 Å². The number of rotatable bonds is 1. The number of nitrogens with zero attached hydrogens (tertiary/aromatic N) is 1. The van der Waals surface area contributed by atoms with E-state index >= 15 is 0 Å². The molecule has 0 aliphatic heterocycles. The summed E-state index contributed by atoms with van der Waals surface area (Å²) >= 11 is 0. The summed E-state index contributed by atoms with van der Waals surface area (Å²) in [6.07, 6.45) is -5.08. The molecule has 0 aromatic carbocycles. The monoisotopic (exact) mass is 230 g/mol. The summed E-state index contributed by atoms with van der Waals surface area (Å²) in [5.41, 5.74) is 5.25. The Morgan fingerprint density at radius 2 is 1.60 bits per heavy atom. The molecule has 0 rings (SSSR count). The van der Waals surface area contributed by atoms with E-state index in [0.717, 1.165) is 0 Å². The predicted molar refractivity (Wildman–Crippen MR) is 46.0 cm³/mol. The lowest BCUT2D eigenvalue weighted by Gasteiger charge is -2.11. The Morgan fingerprint density at radius 3 is 1.60 bits per heavy atom. The van der Waals surface area contributed by atoms with Gasteiger partial charge in [-0.1, -0.05) is 0 Å². The van der Waals surface area contributed by atoms with Crippen molar-refractivity contribution in [2.24, 2.45) is 5.73 Å². The Morgan fingerprint density at radius 1 is 1.33 bits per heavy atom. The molecule has 0 aromatic heterocycles. The zero-order valence-electron chi connectivity index (χ0n) is 8.50. The van der Waals surface area contributed by atoms with Crippen molar-refractivity contribution >= 4 is 11.9 Å². The van der Waals surface area contributed by atoms with Crippen molar-refractivity contribution in [3.05, 3.63) is 0 Å². The van der Waals surface area contributed by atoms with Crippen LogP contribution in [0.1, 0.15) is 6.92 Å². The van der Waals surface area contributed by atoms with Gasteiger partial charge in [0.2, 0.25) is 5.91 Å². The first kappa shape index (κ1) is 16.1. The fourth-order valence-corrected chi connectivity index (χ4v) is 0.407. The number of hydrogen-bond donors (Lipinski definition) is 2. The van der Waals surface area contributed by atoms with Gasteiger partial charge in [0.25, 0.3) is 0 Å². The van der Waals surface area contributed by atoms with E-state index in [1.54, 1.807) is 21.0 Å². The molecule has 0 aliphatic carbocycles. The third kappa shape index (κ3) is 9.01. The van der Waals surface area contributed by atoms with Crippen molar-refractivity contribution in [2.75, 3.05) is 14.1 Å². The molecule has 0 saturated heterocycles. The van der Waals surface area contributed by atoms with Crippen LogP contribution in [0.3, 0.4) is 0 Å². The van der Waals surface area contributed by atoms with Gasteiger partial charge in [-0.25, -0.2) is 4.79 Å². The number of carboxylic acids is 1. The third-order valence-electron chi connectivity index (χ3n) is 1.07. The highest BCUT2D eigenvalue weighted by atomic mass is 19.4. The van der Waals surface area contributed by atoms with E-state index in [1.807, 2.05) is 0 Å². The maximum absolute atomic E-state index is 10.6. The second-order valence-electron chi connectivity index (χ2n) is 2.82. The normalized spacial score (nSPS) is 12.2. The van der Waals surface area contributed by atoms with Crippen molar-refractivity contribution < 1.29 is 27.9 Å². The van der Waals surface area contributed by atoms with Crippen LogP contribution in [0.2, 0.25) is 0 Å². The Bertz CT molecular complexity index is 216. The third-order valence-corrected chi connectivity index (χ3v) is 1.07. The first-order valence-corrected chi connectivity index (χ1v) is 3.77. The van der Waals surface area contributed by atoms with E-state index in [0.29, 0.717) is 0 Å². The van der Waals surface area contributed by atoms with Crippen LogP contribution >= 0.6 is 0 Å². The predicted octanol–water partition coefficient (Wildman–Crippen LogP) is 0.0551. The summed E-state index contributed by atoms with van der Waals surface area (Å²) in [4.78, 5) is 21.0. The number of likely N-dealkylation sites (N-methyl/N-ethyl adjacent to an activating group) is 1. The lowest BCUT2D eigenvalue weighted by molar-refractivity contribution is -0.192. The smallest absolute Gasteiger partial charge is 0.475 e. The largest absolute Gasteiger partial charge is 0.490 e. The zero-order valence-corrected chi connectivity index (χ0v) is 8.50. The number of alkyl halides is 3. The topological polar surface area (TPSA) is 83.6 Å². The van der Waals surface area contributed by atoms with Crippen LogP contribution in [0.25, 0.3) is 0 Å². The van der Waals surface area contributed by atoms with Crippen LogP contribution in [0.15, 0.2) is 0 Å². The summed E-state index contributed by atoms with van der Waals surface area (Å²) in [5.74, 6) is -2.79. The number of carbonyl (C=O) groups excluding carboxylic acids is 1. The molecule has 0 aliphatic rings. The second kappa shape index (κ2) is 6.23. The van der Waals surface area contributed by atoms with Gasteiger partial charge in [0, 0.05) is 14.1 Å². The molecular formula is C7H13F3N2O3. The van der Waals surface area contributed by atoms with E-state index in [2.05, 4.69) is 0 Å². The van der Waals surface area contributed by atoms with Crippen LogP contribution in [0.5, 0.6) is 0 Å². The molecule has 90 valence electrons. The number of amides is 1. The summed E-state index contributed by atoms with van der Waals surface area (Å²) in [6, 6.07) is -0.370. The zero-order chi connectivity index (χ0) is 12.8. The van der Waals surface area contributed by atoms with Gasteiger partial charge in [0.05, 0.1) is 6.04 Å². The number of carboxylic acid groups (broad SMARTS) is 1. The highest BCUT2D eigenvalue weighted by molar-refractivity contribution is 5.80. The molecule has 0 unspecified atom stereocenters. The van der Waals surface area contributed by atoms with E-state index < -0.39 is 12.1 Å². The molecule has 8 heteroatoms. The van der Waals surface area contributed by atoms with Gasteiger partial charge in [-0.05, 0) is 6.92 Å². The summed E-state index contributed by atoms with van der Waals surface area (Å²) in [6.45, 7) is 1.67. The van der Waals surface area contributed by atoms with Crippen LogP contribution in [-0.4, -0.2) is 48.2 Å². The first-order chi connectivity index (χ1) is 6.50. The molecular weight excluding hydrogens is 217 g/mol. The molecule has 0 radical (unpaired) electrons. The van der Waals surface area contributed by atoms with Gasteiger partial charge < -0.3 is 15.7 Å². The molecule has 5 nitrogen and oxygen atoms in total. The van der Waals surface area contributed by atoms with Crippen molar-refractivity contribution in [1.29, 1.82) is 0 Å². The van der Waals surface area contributed by atoms with E-state index in [4.69, 9.17) is 15.6 Å². The number of aliphatic carboxylic acids is 1. The fourth-order valence-electron chi connectivity index (χ4n) is 0.407. The molecule has 0 spiro atoms. The molecule has 3 N–H and O–H groups in total. The number of hydrogen-bond acceptors (Lipinski definition) is 3. The minimum absolute atomic E-state index is 0.0370. The molecule has 0 fully saturated rings. The molecule has 0 bridgehead atoms. The molecule has 15 heavy (non-hydrogen) atoms. The minimum Gasteiger partial charge on any atom is -0.475 e. The minimum atomic E-state index is -5.08. The maximum Gasteiger partial charge on any atom is 0.490 e. The van der Waals surface area contributed by atoms with Crippen LogP contribution in [-0.2, 0) is 9.59 Å². The number of nitrogens with two attached hydrogens (primary N) is 1. The van der Waals surface area contributed by atoms with E-state index in [9.17, 15) is 18.0 Å². The van der Waals surface area contributed by atoms with Crippen molar-refractivity contribution in [1.82, 2.24) is 4.90 Å². The highest BCUT2D eigenvalue weighted by Gasteiger charge is 2.38. The average molecular weight is 230 g/mol. The number of halogens is 3. The van der Waals surface area contributed by atoms with Gasteiger partial charge in [0.1, 0.15) is 0 Å². The summed E-state index contributed by atoms with van der Waals surface area (Å²) < 4.78 is 31.7. The Labute approximate surface area is 84.6 Å². The number of carbonyl (C=O) groups is 2. The van der Waals surface area contributed by atoms with Gasteiger partial charge in [-0.3, -0.25) is 4.79 Å². The van der Waals surface area contributed by atoms with Crippen molar-refractivity contribution in [3.63, 3.8) is 0 Å². The molecule has 0 saturated carbocycles. The van der Waals surface area contributed by atoms with Gasteiger partial charge in [0.15, 0.2) is 0 Å². The Hall–Kier alpha value is -1.31. The lowest BCUT2D eigenvalue weighted by atomic mass is 10.3. The average Bonchev–Trinajstić information content (AvgIpc) is 2.01. The standard InChI is InChI=1S/C5H12N2O.C2HF3O2/c1-4(6)5(8)7(2)3;3-2(4,5)1(6)7/h4H,6H2,1-3H3;(H,6,7)/t4-;/m1./s1. The van der Waals surface area contributed by atoms with Crippen LogP contribution in [0, 0.1) is 0 Å². The van der Waals surface area contributed by atoms with E-state index in [1.165, 1.54) is 4.90 Å². The quantitative estimate of drug-likeness (QED) is 0.667. The summed E-state index contributed by atoms with van der Waals surface area (Å²) in [5, 5.41) is 7.12. The van der Waals surface area contributed by atoms with Gasteiger partial charge >= 0.3 is 12.1 Å².